The molecule has 5 heteroatoms. The molecular formula is C18H17NO4. The summed E-state index contributed by atoms with van der Waals surface area (Å²) in [6.07, 6.45) is 0.874. The summed E-state index contributed by atoms with van der Waals surface area (Å²) in [5.41, 5.74) is 1.83. The standard InChI is InChI=1S/C18H17NO4/c1-2-13-8-10-15(11-9-13)18(22)23-12-16(20)19-17(21)14-6-4-3-5-7-14/h3-11H,2,12H2,1H3,(H,19,20,21). The summed E-state index contributed by atoms with van der Waals surface area (Å²) in [6, 6.07) is 15.3. The molecule has 5 nitrogen and oxygen atoms in total. The highest BCUT2D eigenvalue weighted by Gasteiger charge is 2.13. The highest BCUT2D eigenvalue weighted by atomic mass is 16.5. The summed E-state index contributed by atoms with van der Waals surface area (Å²) < 4.78 is 4.90. The molecule has 0 unspecified atom stereocenters. The van der Waals surface area contributed by atoms with Crippen LogP contribution < -0.4 is 5.32 Å². The van der Waals surface area contributed by atoms with Crippen molar-refractivity contribution in [2.45, 2.75) is 13.3 Å². The van der Waals surface area contributed by atoms with E-state index in [0.717, 1.165) is 12.0 Å². The van der Waals surface area contributed by atoms with Crippen molar-refractivity contribution >= 4 is 17.8 Å². The molecule has 0 aromatic heterocycles. The maximum Gasteiger partial charge on any atom is 0.338 e. The normalized spacial score (nSPS) is 9.96. The van der Waals surface area contributed by atoms with Gasteiger partial charge in [-0.2, -0.15) is 0 Å². The summed E-state index contributed by atoms with van der Waals surface area (Å²) in [5.74, 6) is -1.80. The molecule has 2 aromatic carbocycles. The fraction of sp³-hybridized carbons (Fsp3) is 0.167. The second-order valence-corrected chi connectivity index (χ2v) is 4.87. The van der Waals surface area contributed by atoms with Gasteiger partial charge in [-0.25, -0.2) is 4.79 Å². The molecule has 0 fully saturated rings. The predicted molar refractivity (Wildman–Crippen MR) is 85.0 cm³/mol. The lowest BCUT2D eigenvalue weighted by atomic mass is 10.1. The minimum Gasteiger partial charge on any atom is -0.452 e. The molecule has 23 heavy (non-hydrogen) atoms. The van der Waals surface area contributed by atoms with Crippen molar-refractivity contribution in [1.29, 1.82) is 0 Å². The number of carbonyl (C=O) groups is 3. The number of imide groups is 1. The van der Waals surface area contributed by atoms with Crippen LogP contribution in [0.1, 0.15) is 33.2 Å². The van der Waals surface area contributed by atoms with Crippen molar-refractivity contribution in [3.63, 3.8) is 0 Å². The van der Waals surface area contributed by atoms with Gasteiger partial charge in [0, 0.05) is 5.56 Å². The van der Waals surface area contributed by atoms with Crippen LogP contribution in [0, 0.1) is 0 Å². The number of carbonyl (C=O) groups excluding carboxylic acids is 3. The second-order valence-electron chi connectivity index (χ2n) is 4.87. The number of aryl methyl sites for hydroxylation is 1. The molecule has 0 atom stereocenters. The van der Waals surface area contributed by atoms with Crippen LogP contribution in [0.5, 0.6) is 0 Å². The Balaban J connectivity index is 1.83. The summed E-state index contributed by atoms with van der Waals surface area (Å²) in [6.45, 7) is 1.51. The smallest absolute Gasteiger partial charge is 0.338 e. The van der Waals surface area contributed by atoms with Gasteiger partial charge < -0.3 is 4.74 Å². The van der Waals surface area contributed by atoms with Gasteiger partial charge in [-0.05, 0) is 36.2 Å². The topological polar surface area (TPSA) is 72.5 Å². The van der Waals surface area contributed by atoms with Gasteiger partial charge in [0.25, 0.3) is 11.8 Å². The third-order valence-electron chi connectivity index (χ3n) is 3.22. The highest BCUT2D eigenvalue weighted by molar-refractivity contribution is 6.05. The Morgan fingerprint density at radius 3 is 2.17 bits per heavy atom. The average molecular weight is 311 g/mol. The summed E-state index contributed by atoms with van der Waals surface area (Å²) in [7, 11) is 0. The molecule has 118 valence electrons. The van der Waals surface area contributed by atoms with Crippen LogP contribution >= 0.6 is 0 Å². The third-order valence-corrected chi connectivity index (χ3v) is 3.22. The van der Waals surface area contributed by atoms with Crippen molar-refractivity contribution in [1.82, 2.24) is 5.32 Å². The van der Waals surface area contributed by atoms with Gasteiger partial charge in [-0.15, -0.1) is 0 Å². The van der Waals surface area contributed by atoms with Crippen LogP contribution in [-0.4, -0.2) is 24.4 Å². The first-order valence-electron chi connectivity index (χ1n) is 7.25. The van der Waals surface area contributed by atoms with Crippen molar-refractivity contribution in [3.8, 4) is 0 Å². The number of hydrogen-bond donors (Lipinski definition) is 1. The first-order valence-corrected chi connectivity index (χ1v) is 7.25. The van der Waals surface area contributed by atoms with Crippen LogP contribution in [0.25, 0.3) is 0 Å². The molecule has 2 aromatic rings. The maximum atomic E-state index is 11.8. The van der Waals surface area contributed by atoms with E-state index >= 15 is 0 Å². The van der Waals surface area contributed by atoms with Gasteiger partial charge in [-0.1, -0.05) is 37.3 Å². The van der Waals surface area contributed by atoms with E-state index < -0.39 is 24.4 Å². The fourth-order valence-corrected chi connectivity index (χ4v) is 1.92. The molecule has 0 saturated carbocycles. The molecule has 0 bridgehead atoms. The fourth-order valence-electron chi connectivity index (χ4n) is 1.92. The maximum absolute atomic E-state index is 11.8. The van der Waals surface area contributed by atoms with E-state index in [1.54, 1.807) is 42.5 Å². The van der Waals surface area contributed by atoms with Crippen molar-refractivity contribution in [3.05, 3.63) is 71.3 Å². The number of ether oxygens (including phenoxy) is 1. The van der Waals surface area contributed by atoms with E-state index in [2.05, 4.69) is 5.32 Å². The van der Waals surface area contributed by atoms with Crippen LogP contribution in [0.4, 0.5) is 0 Å². The Labute approximate surface area is 134 Å². The van der Waals surface area contributed by atoms with E-state index in [0.29, 0.717) is 11.1 Å². The van der Waals surface area contributed by atoms with Crippen LogP contribution in [-0.2, 0) is 16.0 Å². The van der Waals surface area contributed by atoms with Crippen molar-refractivity contribution < 1.29 is 19.1 Å². The lowest BCUT2D eigenvalue weighted by Crippen LogP contribution is -2.34. The molecule has 0 heterocycles. The lowest BCUT2D eigenvalue weighted by Gasteiger charge is -2.06. The van der Waals surface area contributed by atoms with Gasteiger partial charge in [0.05, 0.1) is 5.56 Å². The first kappa shape index (κ1) is 16.4. The molecular weight excluding hydrogens is 294 g/mol. The Bertz CT molecular complexity index is 693. The molecule has 0 aliphatic heterocycles. The molecule has 0 saturated heterocycles. The van der Waals surface area contributed by atoms with Gasteiger partial charge in [-0.3, -0.25) is 14.9 Å². The zero-order valence-corrected chi connectivity index (χ0v) is 12.7. The van der Waals surface area contributed by atoms with Crippen LogP contribution in [0.3, 0.4) is 0 Å². The quantitative estimate of drug-likeness (QED) is 0.860. The van der Waals surface area contributed by atoms with Gasteiger partial charge >= 0.3 is 5.97 Å². The summed E-state index contributed by atoms with van der Waals surface area (Å²) >= 11 is 0. The zero-order chi connectivity index (χ0) is 16.7. The Hall–Kier alpha value is -2.95. The Morgan fingerprint density at radius 2 is 1.57 bits per heavy atom. The zero-order valence-electron chi connectivity index (χ0n) is 12.7. The van der Waals surface area contributed by atoms with E-state index in [-0.39, 0.29) is 0 Å². The monoisotopic (exact) mass is 311 g/mol. The van der Waals surface area contributed by atoms with Crippen molar-refractivity contribution in [2.24, 2.45) is 0 Å². The molecule has 0 radical (unpaired) electrons. The Kier molecular flexibility index (Phi) is 5.63. The second kappa shape index (κ2) is 7.89. The minimum atomic E-state index is -0.669. The molecule has 2 amide bonds. The van der Waals surface area contributed by atoms with Gasteiger partial charge in [0.15, 0.2) is 6.61 Å². The highest BCUT2D eigenvalue weighted by Crippen LogP contribution is 2.06. The molecule has 0 aliphatic rings. The van der Waals surface area contributed by atoms with Crippen molar-refractivity contribution in [2.75, 3.05) is 6.61 Å². The molecule has 2 rings (SSSR count). The van der Waals surface area contributed by atoms with Crippen LogP contribution in [0.2, 0.25) is 0 Å². The number of esters is 1. The Morgan fingerprint density at radius 1 is 0.913 bits per heavy atom. The largest absolute Gasteiger partial charge is 0.452 e. The van der Waals surface area contributed by atoms with Gasteiger partial charge in [0.2, 0.25) is 0 Å². The molecule has 1 N–H and O–H groups in total. The number of amides is 2. The third kappa shape index (κ3) is 4.78. The van der Waals surface area contributed by atoms with E-state index in [4.69, 9.17) is 4.74 Å². The summed E-state index contributed by atoms with van der Waals surface area (Å²) in [4.78, 5) is 35.2. The number of benzene rings is 2. The molecule has 0 aliphatic carbocycles. The number of nitrogens with one attached hydrogen (secondary N) is 1. The minimum absolute atomic E-state index is 0.363. The molecule has 0 spiro atoms. The lowest BCUT2D eigenvalue weighted by molar-refractivity contribution is -0.123. The van der Waals surface area contributed by atoms with E-state index in [1.807, 2.05) is 19.1 Å². The number of hydrogen-bond acceptors (Lipinski definition) is 4. The first-order chi connectivity index (χ1) is 11.1. The average Bonchev–Trinajstić information content (AvgIpc) is 2.60. The van der Waals surface area contributed by atoms with E-state index in [1.165, 1.54) is 0 Å². The SMILES string of the molecule is CCc1ccc(C(=O)OCC(=O)NC(=O)c2ccccc2)cc1. The van der Waals surface area contributed by atoms with Gasteiger partial charge in [0.1, 0.15) is 0 Å². The van der Waals surface area contributed by atoms with E-state index in [9.17, 15) is 14.4 Å². The van der Waals surface area contributed by atoms with Crippen LogP contribution in [0.15, 0.2) is 54.6 Å². The predicted octanol–water partition coefficient (Wildman–Crippen LogP) is 2.36. The summed E-state index contributed by atoms with van der Waals surface area (Å²) in [5, 5.41) is 2.17. The number of rotatable bonds is 5.